The third kappa shape index (κ3) is 3.14. The number of ketones is 1. The number of ether oxygens (including phenoxy) is 2. The Kier molecular flexibility index (Phi) is 5.58. The number of para-hydroxylation sites is 1. The Hall–Kier alpha value is -1.99. The molecule has 194 valence electrons. The van der Waals surface area contributed by atoms with Gasteiger partial charge in [0, 0.05) is 30.0 Å². The summed E-state index contributed by atoms with van der Waals surface area (Å²) in [6, 6.07) is 8.50. The molecule has 6 nitrogen and oxygen atoms in total. The molecule has 2 bridgehead atoms. The van der Waals surface area contributed by atoms with Gasteiger partial charge in [-0.1, -0.05) is 32.0 Å². The van der Waals surface area contributed by atoms with Crippen LogP contribution in [0.4, 0.5) is 0 Å². The Bertz CT molecular complexity index is 1240. The number of rotatable bonds is 2. The lowest BCUT2D eigenvalue weighted by molar-refractivity contribution is -0.199. The molecular weight excluding hydrogens is 454 g/mol. The molecule has 6 heteroatoms. The van der Waals surface area contributed by atoms with Gasteiger partial charge in [0.05, 0.1) is 5.52 Å². The summed E-state index contributed by atoms with van der Waals surface area (Å²) >= 11 is 0. The number of aliphatic hydroxyl groups is 2. The first-order valence-corrected chi connectivity index (χ1v) is 13.7. The highest BCUT2D eigenvalue weighted by Crippen LogP contribution is 2.68. The van der Waals surface area contributed by atoms with Crippen LogP contribution in [0.25, 0.3) is 10.9 Å². The normalized spacial score (nSPS) is 37.4. The van der Waals surface area contributed by atoms with Gasteiger partial charge in [-0.05, 0) is 86.5 Å². The molecule has 2 N–H and O–H groups in total. The van der Waals surface area contributed by atoms with Gasteiger partial charge in [0.2, 0.25) is 0 Å². The average Bonchev–Trinajstić information content (AvgIpc) is 3.46. The van der Waals surface area contributed by atoms with Crippen LogP contribution in [0.5, 0.6) is 0 Å². The van der Waals surface area contributed by atoms with Crippen molar-refractivity contribution in [2.75, 3.05) is 6.61 Å². The summed E-state index contributed by atoms with van der Waals surface area (Å²) in [6.45, 7) is 8.64. The molecule has 36 heavy (non-hydrogen) atoms. The van der Waals surface area contributed by atoms with Crippen molar-refractivity contribution in [1.82, 2.24) is 4.57 Å². The van der Waals surface area contributed by atoms with Crippen LogP contribution in [-0.2, 0) is 27.4 Å². The van der Waals surface area contributed by atoms with Crippen LogP contribution < -0.4 is 0 Å². The van der Waals surface area contributed by atoms with E-state index in [1.54, 1.807) is 0 Å². The van der Waals surface area contributed by atoms with Crippen LogP contribution in [0.1, 0.15) is 77.0 Å². The summed E-state index contributed by atoms with van der Waals surface area (Å²) in [7, 11) is 0. The monoisotopic (exact) mass is 493 g/mol. The number of hydrogen-bond acceptors (Lipinski definition) is 5. The molecule has 1 aromatic heterocycles. The molecule has 2 aromatic rings. The highest BCUT2D eigenvalue weighted by molar-refractivity contribution is 5.97. The summed E-state index contributed by atoms with van der Waals surface area (Å²) in [5.74, 6) is 0.543. The zero-order chi connectivity index (χ0) is 25.5. The van der Waals surface area contributed by atoms with Crippen LogP contribution in [-0.4, -0.2) is 44.7 Å². The van der Waals surface area contributed by atoms with Crippen LogP contribution in [0, 0.1) is 17.3 Å². The van der Waals surface area contributed by atoms with E-state index in [9.17, 15) is 9.90 Å². The lowest BCUT2D eigenvalue weighted by Crippen LogP contribution is -2.54. The van der Waals surface area contributed by atoms with E-state index < -0.39 is 17.5 Å². The van der Waals surface area contributed by atoms with Crippen molar-refractivity contribution in [3.63, 3.8) is 0 Å². The number of benzene rings is 1. The van der Waals surface area contributed by atoms with Crippen molar-refractivity contribution < 1.29 is 24.5 Å². The minimum Gasteiger partial charge on any atom is -0.396 e. The molecule has 1 aromatic carbocycles. The Morgan fingerprint density at radius 2 is 1.86 bits per heavy atom. The minimum atomic E-state index is -0.732. The topological polar surface area (TPSA) is 80.9 Å². The molecule has 6 unspecified atom stereocenters. The van der Waals surface area contributed by atoms with Crippen LogP contribution in [0.3, 0.4) is 0 Å². The fraction of sp³-hybridized carbons (Fsp3) is 0.633. The standard InChI is InChI=1S/C27H31NO4.C3H8O/c1-25(2)24-21(30)13-19-18-9-8-15-12-17-16-6-4-5-7-20(16)28(14-29)23(17)22(15)26(18,3)10-11-27(19,31-24)32-25;1-2-3-4/h4-7,13,15,18,22,24,29H,8-12,14H2,1-3H3;4H,2-3H2,1H3. The molecule has 2 aliphatic heterocycles. The maximum absolute atomic E-state index is 13.0. The zero-order valence-corrected chi connectivity index (χ0v) is 21.9. The maximum atomic E-state index is 13.0. The van der Waals surface area contributed by atoms with E-state index >= 15 is 0 Å². The van der Waals surface area contributed by atoms with Gasteiger partial charge in [-0.3, -0.25) is 4.79 Å². The van der Waals surface area contributed by atoms with E-state index in [1.165, 1.54) is 16.6 Å². The average molecular weight is 494 g/mol. The van der Waals surface area contributed by atoms with Gasteiger partial charge in [0.15, 0.2) is 17.7 Å². The zero-order valence-electron chi connectivity index (χ0n) is 21.9. The van der Waals surface area contributed by atoms with Crippen molar-refractivity contribution in [2.24, 2.45) is 17.3 Å². The highest BCUT2D eigenvalue weighted by Gasteiger charge is 2.67. The number of carbonyl (C=O) groups excluding carboxylic acids is 1. The van der Waals surface area contributed by atoms with Crippen LogP contribution in [0.2, 0.25) is 0 Å². The van der Waals surface area contributed by atoms with Crippen molar-refractivity contribution in [1.29, 1.82) is 0 Å². The third-order valence-electron chi connectivity index (χ3n) is 9.78. The predicted octanol–water partition coefficient (Wildman–Crippen LogP) is 4.85. The Morgan fingerprint density at radius 3 is 2.58 bits per heavy atom. The summed E-state index contributed by atoms with van der Waals surface area (Å²) in [6.07, 6.45) is 7.34. The van der Waals surface area contributed by atoms with Gasteiger partial charge in [-0.15, -0.1) is 0 Å². The lowest BCUT2D eigenvalue weighted by atomic mass is 9.50. The molecule has 3 heterocycles. The van der Waals surface area contributed by atoms with Crippen molar-refractivity contribution in [2.45, 2.75) is 96.4 Å². The molecule has 7 rings (SSSR count). The van der Waals surface area contributed by atoms with Crippen LogP contribution in [0.15, 0.2) is 35.9 Å². The van der Waals surface area contributed by atoms with Gasteiger partial charge in [0.25, 0.3) is 0 Å². The Labute approximate surface area is 213 Å². The molecular formula is C30H39NO5. The van der Waals surface area contributed by atoms with Gasteiger partial charge in [-0.2, -0.15) is 0 Å². The number of nitrogens with zero attached hydrogens (tertiary/aromatic N) is 1. The van der Waals surface area contributed by atoms with E-state index in [4.69, 9.17) is 14.6 Å². The van der Waals surface area contributed by atoms with Gasteiger partial charge >= 0.3 is 0 Å². The molecule has 0 amide bonds. The molecule has 6 atom stereocenters. The molecule has 2 saturated carbocycles. The first-order valence-electron chi connectivity index (χ1n) is 13.7. The van der Waals surface area contributed by atoms with Gasteiger partial charge < -0.3 is 24.3 Å². The van der Waals surface area contributed by atoms with Crippen molar-refractivity contribution >= 4 is 16.7 Å². The molecule has 3 aliphatic carbocycles. The quantitative estimate of drug-likeness (QED) is 0.625. The SMILES string of the molecule is CC1(C)OC23CCC4(C)C(CCC5Cc6c(n(CO)c7ccccc67)C54)C2=CC(=O)C1O3.CCCO. The highest BCUT2D eigenvalue weighted by atomic mass is 16.8. The lowest BCUT2D eigenvalue weighted by Gasteiger charge is -2.57. The van der Waals surface area contributed by atoms with E-state index in [-0.39, 0.29) is 23.8 Å². The number of carbonyl (C=O) groups is 1. The van der Waals surface area contributed by atoms with E-state index in [1.807, 2.05) is 26.8 Å². The van der Waals surface area contributed by atoms with Crippen molar-refractivity contribution in [3.05, 3.63) is 47.2 Å². The fourth-order valence-electron chi connectivity index (χ4n) is 8.36. The number of hydrogen-bond donors (Lipinski definition) is 2. The van der Waals surface area contributed by atoms with Gasteiger partial charge in [-0.25, -0.2) is 0 Å². The largest absolute Gasteiger partial charge is 0.396 e. The second kappa shape index (κ2) is 8.26. The maximum Gasteiger partial charge on any atom is 0.193 e. The summed E-state index contributed by atoms with van der Waals surface area (Å²) in [5, 5.41) is 19.6. The second-order valence-corrected chi connectivity index (χ2v) is 12.2. The molecule has 1 saturated heterocycles. The summed E-state index contributed by atoms with van der Waals surface area (Å²) < 4.78 is 15.1. The number of fused-ring (bicyclic) bond motifs is 9. The predicted molar refractivity (Wildman–Crippen MR) is 137 cm³/mol. The van der Waals surface area contributed by atoms with E-state index in [2.05, 4.69) is 35.8 Å². The summed E-state index contributed by atoms with van der Waals surface area (Å²) in [5.41, 5.74) is 4.39. The first kappa shape index (κ1) is 24.4. The third-order valence-corrected chi connectivity index (χ3v) is 9.78. The van der Waals surface area contributed by atoms with Crippen molar-refractivity contribution in [3.8, 4) is 0 Å². The molecule has 1 spiro atoms. The molecule has 0 radical (unpaired) electrons. The van der Waals surface area contributed by atoms with Crippen LogP contribution >= 0.6 is 0 Å². The Balaban J connectivity index is 0.000000562. The van der Waals surface area contributed by atoms with Gasteiger partial charge in [0.1, 0.15) is 12.3 Å². The minimum absolute atomic E-state index is 0.00697. The smallest absolute Gasteiger partial charge is 0.193 e. The van der Waals surface area contributed by atoms with E-state index in [0.29, 0.717) is 18.4 Å². The second-order valence-electron chi connectivity index (χ2n) is 12.2. The number of aromatic nitrogens is 1. The van der Waals surface area contributed by atoms with E-state index in [0.717, 1.165) is 49.6 Å². The summed E-state index contributed by atoms with van der Waals surface area (Å²) in [4.78, 5) is 13.0. The Morgan fingerprint density at radius 1 is 1.11 bits per heavy atom. The molecule has 5 aliphatic rings. The number of aliphatic hydroxyl groups excluding tert-OH is 2. The fourth-order valence-corrected chi connectivity index (χ4v) is 8.36. The first-order chi connectivity index (χ1) is 17.2. The molecule has 3 fully saturated rings.